The molecule has 2 N–H and O–H groups in total. The topological polar surface area (TPSA) is 106 Å². The Hall–Kier alpha value is -3.38. The third-order valence-corrected chi connectivity index (χ3v) is 7.68. The molecule has 0 fully saturated rings. The first-order chi connectivity index (χ1) is 19.2. The first kappa shape index (κ1) is 34.6. The third-order valence-electron chi connectivity index (χ3n) is 7.68. The SMILES string of the molecule is CCCCCCCCNC(=O)C(C#N)=Cc1c(C)c(C)c(C=C(C#N)C(=O)NCCCCCCCC)c(C)c1C. The van der Waals surface area contributed by atoms with E-state index in [1.54, 1.807) is 12.2 Å². The number of rotatable bonds is 18. The van der Waals surface area contributed by atoms with Gasteiger partial charge in [-0.25, -0.2) is 0 Å². The van der Waals surface area contributed by atoms with Gasteiger partial charge < -0.3 is 10.6 Å². The zero-order chi connectivity index (χ0) is 29.9. The van der Waals surface area contributed by atoms with E-state index in [1.807, 2.05) is 27.7 Å². The molecule has 0 aliphatic rings. The molecule has 40 heavy (non-hydrogen) atoms. The smallest absolute Gasteiger partial charge is 0.261 e. The van der Waals surface area contributed by atoms with Gasteiger partial charge in [-0.05, 0) is 86.1 Å². The molecule has 0 radical (unpaired) electrons. The molecule has 0 atom stereocenters. The lowest BCUT2D eigenvalue weighted by atomic mass is 9.87. The molecule has 0 heterocycles. The summed E-state index contributed by atoms with van der Waals surface area (Å²) in [6.07, 6.45) is 16.9. The zero-order valence-electron chi connectivity index (χ0n) is 25.8. The number of nitrogens with one attached hydrogen (secondary N) is 2. The Balaban J connectivity index is 3.01. The largest absolute Gasteiger partial charge is 0.351 e. The van der Waals surface area contributed by atoms with Gasteiger partial charge in [-0.2, -0.15) is 10.5 Å². The van der Waals surface area contributed by atoms with Crippen LogP contribution in [0.5, 0.6) is 0 Å². The van der Waals surface area contributed by atoms with Gasteiger partial charge in [0.15, 0.2) is 0 Å². The summed E-state index contributed by atoms with van der Waals surface area (Å²) >= 11 is 0. The van der Waals surface area contributed by atoms with Crippen LogP contribution in [0.25, 0.3) is 12.2 Å². The standard InChI is InChI=1S/C34H50N4O2/c1-7-9-11-13-15-17-19-37-33(39)29(23-35)21-31-25(3)27(5)32(28(6)26(31)4)22-30(24-36)34(40)38-20-18-16-14-12-10-8-2/h21-22H,7-20H2,1-6H3,(H,37,39)(H,38,40). The van der Waals surface area contributed by atoms with E-state index in [2.05, 4.69) is 36.6 Å². The fourth-order valence-corrected chi connectivity index (χ4v) is 4.79. The molecule has 6 nitrogen and oxygen atoms in total. The van der Waals surface area contributed by atoms with Gasteiger partial charge >= 0.3 is 0 Å². The summed E-state index contributed by atoms with van der Waals surface area (Å²) in [7, 11) is 0. The van der Waals surface area contributed by atoms with Gasteiger partial charge in [0.2, 0.25) is 0 Å². The number of carbonyl (C=O) groups excluding carboxylic acids is 2. The molecular weight excluding hydrogens is 496 g/mol. The normalized spacial score (nSPS) is 11.6. The molecule has 0 aliphatic carbocycles. The Kier molecular flexibility index (Phi) is 17.0. The molecule has 0 saturated heterocycles. The minimum absolute atomic E-state index is 0.0751. The van der Waals surface area contributed by atoms with E-state index in [0.29, 0.717) is 13.1 Å². The lowest BCUT2D eigenvalue weighted by Crippen LogP contribution is -2.25. The quantitative estimate of drug-likeness (QED) is 0.112. The summed E-state index contributed by atoms with van der Waals surface area (Å²) in [4.78, 5) is 25.4. The Morgan fingerprint density at radius 2 is 0.875 bits per heavy atom. The number of hydrogen-bond donors (Lipinski definition) is 2. The van der Waals surface area contributed by atoms with Crippen molar-refractivity contribution < 1.29 is 9.59 Å². The van der Waals surface area contributed by atoms with Crippen LogP contribution in [-0.2, 0) is 9.59 Å². The van der Waals surface area contributed by atoms with Crippen LogP contribution >= 0.6 is 0 Å². The number of nitriles is 2. The summed E-state index contributed by atoms with van der Waals surface area (Å²) < 4.78 is 0. The predicted molar refractivity (Wildman–Crippen MR) is 165 cm³/mol. The number of nitrogens with zero attached hydrogens (tertiary/aromatic N) is 2. The average Bonchev–Trinajstić information content (AvgIpc) is 2.95. The first-order valence-electron chi connectivity index (χ1n) is 15.1. The second-order valence-electron chi connectivity index (χ2n) is 10.7. The third kappa shape index (κ3) is 11.4. The predicted octanol–water partition coefficient (Wildman–Crippen LogP) is 7.69. The molecule has 1 rings (SSSR count). The van der Waals surface area contributed by atoms with Gasteiger partial charge in [0, 0.05) is 13.1 Å². The van der Waals surface area contributed by atoms with Crippen molar-refractivity contribution in [2.24, 2.45) is 0 Å². The number of hydrogen-bond acceptors (Lipinski definition) is 4. The van der Waals surface area contributed by atoms with Crippen molar-refractivity contribution in [3.8, 4) is 12.1 Å². The molecule has 0 saturated carbocycles. The van der Waals surface area contributed by atoms with Gasteiger partial charge in [-0.1, -0.05) is 78.1 Å². The van der Waals surface area contributed by atoms with Gasteiger partial charge in [0.25, 0.3) is 11.8 Å². The van der Waals surface area contributed by atoms with Crippen molar-refractivity contribution in [2.75, 3.05) is 13.1 Å². The molecule has 0 unspecified atom stereocenters. The van der Waals surface area contributed by atoms with E-state index < -0.39 is 0 Å². The van der Waals surface area contributed by atoms with Crippen molar-refractivity contribution in [3.05, 3.63) is 44.5 Å². The average molecular weight is 547 g/mol. The second-order valence-corrected chi connectivity index (χ2v) is 10.7. The fourth-order valence-electron chi connectivity index (χ4n) is 4.79. The summed E-state index contributed by atoms with van der Waals surface area (Å²) in [6.45, 7) is 13.3. The van der Waals surface area contributed by atoms with E-state index in [9.17, 15) is 20.1 Å². The molecular formula is C34H50N4O2. The molecule has 0 aromatic heterocycles. The Labute approximate surface area is 242 Å². The zero-order valence-corrected chi connectivity index (χ0v) is 25.8. The van der Waals surface area contributed by atoms with Crippen LogP contribution in [0.15, 0.2) is 11.1 Å². The molecule has 218 valence electrons. The summed E-state index contributed by atoms with van der Waals surface area (Å²) in [6, 6.07) is 4.13. The van der Waals surface area contributed by atoms with Crippen LogP contribution in [0, 0.1) is 50.4 Å². The second kappa shape index (κ2) is 19.6. The summed E-state index contributed by atoms with van der Waals surface area (Å²) in [5.41, 5.74) is 5.45. The van der Waals surface area contributed by atoms with E-state index in [1.165, 1.54) is 38.5 Å². The number of amides is 2. The number of carbonyl (C=O) groups is 2. The van der Waals surface area contributed by atoms with Crippen molar-refractivity contribution in [1.82, 2.24) is 10.6 Å². The van der Waals surface area contributed by atoms with Crippen LogP contribution in [0.4, 0.5) is 0 Å². The highest BCUT2D eigenvalue weighted by Gasteiger charge is 2.17. The van der Waals surface area contributed by atoms with E-state index in [4.69, 9.17) is 0 Å². The molecule has 0 bridgehead atoms. The maximum atomic E-state index is 12.7. The van der Waals surface area contributed by atoms with Crippen LogP contribution in [0.1, 0.15) is 124 Å². The molecule has 2 amide bonds. The Morgan fingerprint density at radius 3 is 1.18 bits per heavy atom. The molecule has 1 aromatic carbocycles. The Bertz CT molecular complexity index is 1010. The highest BCUT2D eigenvalue weighted by atomic mass is 16.2. The van der Waals surface area contributed by atoms with Crippen molar-refractivity contribution in [3.63, 3.8) is 0 Å². The maximum Gasteiger partial charge on any atom is 0.261 e. The van der Waals surface area contributed by atoms with Gasteiger partial charge in [-0.15, -0.1) is 0 Å². The molecule has 6 heteroatoms. The first-order valence-corrected chi connectivity index (χ1v) is 15.1. The van der Waals surface area contributed by atoms with Crippen LogP contribution in [0.3, 0.4) is 0 Å². The summed E-state index contributed by atoms with van der Waals surface area (Å²) in [5, 5.41) is 25.2. The van der Waals surface area contributed by atoms with Gasteiger partial charge in [0.05, 0.1) is 0 Å². The molecule has 0 spiro atoms. The van der Waals surface area contributed by atoms with E-state index in [0.717, 1.165) is 71.9 Å². The van der Waals surface area contributed by atoms with Crippen LogP contribution < -0.4 is 10.6 Å². The fraction of sp³-hybridized carbons (Fsp3) is 0.588. The van der Waals surface area contributed by atoms with Crippen molar-refractivity contribution in [2.45, 2.75) is 119 Å². The molecule has 0 aliphatic heterocycles. The van der Waals surface area contributed by atoms with Crippen molar-refractivity contribution >= 4 is 24.0 Å². The highest BCUT2D eigenvalue weighted by Crippen LogP contribution is 2.30. The number of unbranched alkanes of at least 4 members (excludes halogenated alkanes) is 10. The minimum atomic E-state index is -0.358. The lowest BCUT2D eigenvalue weighted by molar-refractivity contribution is -0.117. The van der Waals surface area contributed by atoms with E-state index >= 15 is 0 Å². The highest BCUT2D eigenvalue weighted by molar-refractivity contribution is 6.03. The maximum absolute atomic E-state index is 12.7. The monoisotopic (exact) mass is 546 g/mol. The number of benzene rings is 1. The van der Waals surface area contributed by atoms with E-state index in [-0.39, 0.29) is 23.0 Å². The van der Waals surface area contributed by atoms with Gasteiger partial charge in [-0.3, -0.25) is 9.59 Å². The Morgan fingerprint density at radius 1 is 0.575 bits per heavy atom. The molecule has 1 aromatic rings. The summed E-state index contributed by atoms with van der Waals surface area (Å²) in [5.74, 6) is -0.717. The lowest BCUT2D eigenvalue weighted by Gasteiger charge is -2.18. The minimum Gasteiger partial charge on any atom is -0.351 e. The van der Waals surface area contributed by atoms with Crippen LogP contribution in [-0.4, -0.2) is 24.9 Å². The van der Waals surface area contributed by atoms with Gasteiger partial charge in [0.1, 0.15) is 23.3 Å². The van der Waals surface area contributed by atoms with Crippen molar-refractivity contribution in [1.29, 1.82) is 10.5 Å². The van der Waals surface area contributed by atoms with Crippen LogP contribution in [0.2, 0.25) is 0 Å².